The number of piperidine rings is 1. The van der Waals surface area contributed by atoms with Gasteiger partial charge in [0.1, 0.15) is 11.6 Å². The standard InChI is InChI=1S/C30H41ClFN3O2/c1-20(2)28(33-27(36)15-16-34(4)5)25-7-6-8-26(32)29(25)35-17-13-23(14-18-35)30(37)21(3)19-22-9-11-24(31)12-10-22/h6-12,20-21,23,28H,13-19H2,1-5H3,(H,33,36)/t21-,28+/m1/s1. The summed E-state index contributed by atoms with van der Waals surface area (Å²) in [5.41, 5.74) is 2.45. The van der Waals surface area contributed by atoms with Gasteiger partial charge in [0.15, 0.2) is 0 Å². The van der Waals surface area contributed by atoms with Crippen molar-refractivity contribution in [3.63, 3.8) is 0 Å². The summed E-state index contributed by atoms with van der Waals surface area (Å²) in [7, 11) is 3.87. The van der Waals surface area contributed by atoms with Crippen LogP contribution in [0.25, 0.3) is 0 Å². The van der Waals surface area contributed by atoms with Gasteiger partial charge in [-0.15, -0.1) is 0 Å². The predicted octanol–water partition coefficient (Wildman–Crippen LogP) is 5.91. The fourth-order valence-corrected chi connectivity index (χ4v) is 5.28. The Morgan fingerprint density at radius 1 is 1.08 bits per heavy atom. The molecule has 1 aliphatic heterocycles. The minimum atomic E-state index is -0.292. The number of para-hydroxylation sites is 1. The zero-order chi connectivity index (χ0) is 27.1. The van der Waals surface area contributed by atoms with Crippen molar-refractivity contribution >= 4 is 29.0 Å². The van der Waals surface area contributed by atoms with Crippen molar-refractivity contribution in [3.05, 3.63) is 64.4 Å². The molecule has 3 rings (SSSR count). The highest BCUT2D eigenvalue weighted by atomic mass is 35.5. The lowest BCUT2D eigenvalue weighted by atomic mass is 9.83. The molecule has 0 aliphatic carbocycles. The minimum absolute atomic E-state index is 0.0274. The zero-order valence-corrected chi connectivity index (χ0v) is 23.5. The Bertz CT molecular complexity index is 1050. The second-order valence-electron chi connectivity index (χ2n) is 10.9. The number of rotatable bonds is 11. The normalized spacial score (nSPS) is 16.2. The fraction of sp³-hybridized carbons (Fsp3) is 0.533. The molecule has 0 bridgehead atoms. The van der Waals surface area contributed by atoms with Gasteiger partial charge in [-0.3, -0.25) is 9.59 Å². The van der Waals surface area contributed by atoms with Crippen LogP contribution in [0.1, 0.15) is 57.2 Å². The molecular weight excluding hydrogens is 489 g/mol. The molecular formula is C30H41ClFN3O2. The number of carbonyl (C=O) groups is 2. The van der Waals surface area contributed by atoms with E-state index in [0.717, 1.165) is 11.1 Å². The molecule has 0 spiro atoms. The number of carbonyl (C=O) groups excluding carboxylic acids is 2. The average molecular weight is 530 g/mol. The highest BCUT2D eigenvalue weighted by Gasteiger charge is 2.32. The molecule has 1 aliphatic rings. The van der Waals surface area contributed by atoms with Gasteiger partial charge in [0.2, 0.25) is 5.91 Å². The van der Waals surface area contributed by atoms with E-state index in [0.29, 0.717) is 56.0 Å². The SMILES string of the molecule is CC(C)[C@H](NC(=O)CCN(C)C)c1cccc(F)c1N1CCC(C(=O)[C@H](C)Cc2ccc(Cl)cc2)CC1. The quantitative estimate of drug-likeness (QED) is 0.393. The average Bonchev–Trinajstić information content (AvgIpc) is 2.86. The number of hydrogen-bond donors (Lipinski definition) is 1. The van der Waals surface area contributed by atoms with E-state index in [1.54, 1.807) is 6.07 Å². The second kappa shape index (κ2) is 13.4. The third-order valence-corrected chi connectivity index (χ3v) is 7.53. The highest BCUT2D eigenvalue weighted by Crippen LogP contribution is 2.36. The third-order valence-electron chi connectivity index (χ3n) is 7.28. The van der Waals surface area contributed by atoms with Gasteiger partial charge in [-0.1, -0.05) is 56.6 Å². The molecule has 0 saturated carbocycles. The zero-order valence-electron chi connectivity index (χ0n) is 22.8. The molecule has 1 fully saturated rings. The van der Waals surface area contributed by atoms with Crippen molar-refractivity contribution in [2.75, 3.05) is 38.6 Å². The van der Waals surface area contributed by atoms with Gasteiger partial charge in [-0.05, 0) is 63.0 Å². The lowest BCUT2D eigenvalue weighted by molar-refractivity contribution is -0.127. The van der Waals surface area contributed by atoms with Crippen LogP contribution in [-0.4, -0.2) is 50.3 Å². The number of nitrogens with one attached hydrogen (secondary N) is 1. The number of Topliss-reactive ketones (excluding diaryl/α,β-unsaturated/α-hetero) is 1. The summed E-state index contributed by atoms with van der Waals surface area (Å²) in [5, 5.41) is 3.83. The van der Waals surface area contributed by atoms with Crippen molar-refractivity contribution in [2.45, 2.75) is 52.5 Å². The number of halogens is 2. The van der Waals surface area contributed by atoms with Crippen LogP contribution in [0.3, 0.4) is 0 Å². The Morgan fingerprint density at radius 3 is 2.32 bits per heavy atom. The number of nitrogens with zero attached hydrogens (tertiary/aromatic N) is 2. The van der Waals surface area contributed by atoms with Gasteiger partial charge in [-0.2, -0.15) is 0 Å². The van der Waals surface area contributed by atoms with Crippen molar-refractivity contribution in [2.24, 2.45) is 17.8 Å². The first-order valence-corrected chi connectivity index (χ1v) is 13.7. The Morgan fingerprint density at radius 2 is 1.73 bits per heavy atom. The third kappa shape index (κ3) is 8.02. The van der Waals surface area contributed by atoms with Crippen LogP contribution in [-0.2, 0) is 16.0 Å². The first-order chi connectivity index (χ1) is 17.6. The van der Waals surface area contributed by atoms with E-state index in [-0.39, 0.29) is 41.3 Å². The molecule has 0 unspecified atom stereocenters. The van der Waals surface area contributed by atoms with E-state index in [1.807, 2.05) is 70.1 Å². The van der Waals surface area contributed by atoms with E-state index < -0.39 is 0 Å². The van der Waals surface area contributed by atoms with Crippen molar-refractivity contribution in [1.29, 1.82) is 0 Å². The first kappa shape index (κ1) is 29.1. The van der Waals surface area contributed by atoms with E-state index >= 15 is 4.39 Å². The molecule has 2 aromatic carbocycles. The van der Waals surface area contributed by atoms with Gasteiger partial charge in [-0.25, -0.2) is 4.39 Å². The number of benzene rings is 2. The summed E-state index contributed by atoms with van der Waals surface area (Å²) in [6.07, 6.45) is 2.47. The smallest absolute Gasteiger partial charge is 0.221 e. The Labute approximate surface area is 226 Å². The number of anilines is 1. The van der Waals surface area contributed by atoms with Crippen LogP contribution < -0.4 is 10.2 Å². The van der Waals surface area contributed by atoms with Crippen LogP contribution in [0.5, 0.6) is 0 Å². The van der Waals surface area contributed by atoms with Crippen LogP contribution in [0, 0.1) is 23.6 Å². The van der Waals surface area contributed by atoms with Gasteiger partial charge >= 0.3 is 0 Å². The van der Waals surface area contributed by atoms with Crippen LogP contribution in [0.15, 0.2) is 42.5 Å². The molecule has 2 atom stereocenters. The minimum Gasteiger partial charge on any atom is -0.369 e. The summed E-state index contributed by atoms with van der Waals surface area (Å²) < 4.78 is 15.3. The summed E-state index contributed by atoms with van der Waals surface area (Å²) in [6.45, 7) is 7.95. The summed E-state index contributed by atoms with van der Waals surface area (Å²) in [5.74, 6) is -0.0636. The molecule has 1 N–H and O–H groups in total. The molecule has 0 radical (unpaired) electrons. The lowest BCUT2D eigenvalue weighted by Crippen LogP contribution is -2.40. The van der Waals surface area contributed by atoms with E-state index in [1.165, 1.54) is 6.07 Å². The van der Waals surface area contributed by atoms with Crippen molar-refractivity contribution in [3.8, 4) is 0 Å². The number of amides is 1. The molecule has 1 amide bonds. The van der Waals surface area contributed by atoms with Crippen LogP contribution in [0.4, 0.5) is 10.1 Å². The molecule has 37 heavy (non-hydrogen) atoms. The Balaban J connectivity index is 1.69. The second-order valence-corrected chi connectivity index (χ2v) is 11.4. The topological polar surface area (TPSA) is 52.7 Å². The largest absolute Gasteiger partial charge is 0.369 e. The van der Waals surface area contributed by atoms with Gasteiger partial charge in [0.25, 0.3) is 0 Å². The van der Waals surface area contributed by atoms with Gasteiger partial charge in [0.05, 0.1) is 11.7 Å². The summed E-state index contributed by atoms with van der Waals surface area (Å²) in [6, 6.07) is 12.5. The van der Waals surface area contributed by atoms with Crippen LogP contribution >= 0.6 is 11.6 Å². The highest BCUT2D eigenvalue weighted by molar-refractivity contribution is 6.30. The number of hydrogen-bond acceptors (Lipinski definition) is 4. The maximum atomic E-state index is 15.3. The van der Waals surface area contributed by atoms with E-state index in [2.05, 4.69) is 10.2 Å². The number of ketones is 1. The molecule has 1 saturated heterocycles. The van der Waals surface area contributed by atoms with E-state index in [9.17, 15) is 9.59 Å². The van der Waals surface area contributed by atoms with Gasteiger partial charge < -0.3 is 15.1 Å². The molecule has 7 heteroatoms. The molecule has 2 aromatic rings. The van der Waals surface area contributed by atoms with Crippen molar-refractivity contribution in [1.82, 2.24) is 10.2 Å². The Hall–Kier alpha value is -2.44. The monoisotopic (exact) mass is 529 g/mol. The Kier molecular flexibility index (Phi) is 10.5. The fourth-order valence-electron chi connectivity index (χ4n) is 5.16. The molecule has 202 valence electrons. The lowest BCUT2D eigenvalue weighted by Gasteiger charge is -2.37. The first-order valence-electron chi connectivity index (χ1n) is 13.3. The van der Waals surface area contributed by atoms with Gasteiger partial charge in [0, 0.05) is 48.5 Å². The van der Waals surface area contributed by atoms with Crippen molar-refractivity contribution < 1.29 is 14.0 Å². The summed E-state index contributed by atoms with van der Waals surface area (Å²) >= 11 is 5.99. The molecule has 1 heterocycles. The maximum Gasteiger partial charge on any atom is 0.221 e. The molecule has 5 nitrogen and oxygen atoms in total. The maximum absolute atomic E-state index is 15.3. The summed E-state index contributed by atoms with van der Waals surface area (Å²) in [4.78, 5) is 29.9. The van der Waals surface area contributed by atoms with Crippen LogP contribution in [0.2, 0.25) is 5.02 Å². The van der Waals surface area contributed by atoms with E-state index in [4.69, 9.17) is 11.6 Å². The predicted molar refractivity (Wildman–Crippen MR) is 150 cm³/mol. The molecule has 0 aromatic heterocycles.